The first kappa shape index (κ1) is 28.8. The predicted octanol–water partition coefficient (Wildman–Crippen LogP) is 8.88. The van der Waals surface area contributed by atoms with E-state index < -0.39 is 5.75 Å². The third-order valence-electron chi connectivity index (χ3n) is 8.89. The summed E-state index contributed by atoms with van der Waals surface area (Å²) in [6, 6.07) is 41.5. The molecule has 8 heteroatoms. The van der Waals surface area contributed by atoms with Crippen LogP contribution in [0, 0.1) is 0 Å². The van der Waals surface area contributed by atoms with Crippen LogP contribution in [0.2, 0.25) is 0 Å². The van der Waals surface area contributed by atoms with Gasteiger partial charge < -0.3 is 10.2 Å². The van der Waals surface area contributed by atoms with E-state index in [2.05, 4.69) is 72.8 Å². The Balaban J connectivity index is 1.32. The molecule has 4 radical (unpaired) electrons. The molecule has 0 atom stereocenters. The Morgan fingerprint density at radius 3 is 1.96 bits per heavy atom. The van der Waals surface area contributed by atoms with Gasteiger partial charge in [-0.1, -0.05) is 102 Å². The number of nitrogens with zero attached hydrogens (tertiary/aromatic N) is 2. The van der Waals surface area contributed by atoms with Gasteiger partial charge in [-0.05, 0) is 46.8 Å². The molecule has 222 valence electrons. The standard InChI is InChI=1S/C40H22B2N2O2S2/c41-34-33-28-19-22(17-18-32(28)48-39(33)37(46)36(45)35(34)42)40-43-29(24-12-5-4-11-23(24)21-9-2-1-3-10-21)20-30(44-40)27-15-8-14-26-25-13-6-7-16-31(25)47-38(26)27/h1-20,45-46H. The minimum atomic E-state index is -0.403. The SMILES string of the molecule is [B]c1c(O)c(O)c2sc3ccc(-c4nc(-c5ccccc5-c5ccccc5)cc(-c5cccc6c5sc5ccccc56)n4)cc3c2c1[B]. The normalized spacial score (nSPS) is 11.7. The number of phenolic OH excluding ortho intramolecular Hbond substituents is 2. The lowest BCUT2D eigenvalue weighted by molar-refractivity contribution is 0.412. The van der Waals surface area contributed by atoms with E-state index in [1.54, 1.807) is 11.3 Å². The van der Waals surface area contributed by atoms with Crippen LogP contribution in [0.25, 0.3) is 85.4 Å². The number of aromatic hydroxyl groups is 2. The third-order valence-corrected chi connectivity index (χ3v) is 11.3. The Morgan fingerprint density at radius 2 is 1.12 bits per heavy atom. The number of fused-ring (bicyclic) bond motifs is 6. The van der Waals surface area contributed by atoms with Crippen molar-refractivity contribution in [1.29, 1.82) is 0 Å². The van der Waals surface area contributed by atoms with Crippen LogP contribution in [-0.4, -0.2) is 35.9 Å². The van der Waals surface area contributed by atoms with Gasteiger partial charge in [0.15, 0.2) is 17.3 Å². The van der Waals surface area contributed by atoms with E-state index in [1.165, 1.54) is 31.5 Å². The Kier molecular flexibility index (Phi) is 6.64. The van der Waals surface area contributed by atoms with Crippen LogP contribution in [-0.2, 0) is 0 Å². The molecule has 9 rings (SSSR count). The number of aromatic nitrogens is 2. The molecule has 48 heavy (non-hydrogen) atoms. The Bertz CT molecular complexity index is 2740. The number of thiophene rings is 2. The van der Waals surface area contributed by atoms with Crippen LogP contribution >= 0.6 is 22.7 Å². The predicted molar refractivity (Wildman–Crippen MR) is 204 cm³/mol. The van der Waals surface area contributed by atoms with E-state index >= 15 is 0 Å². The molecule has 0 aliphatic heterocycles. The second-order valence-electron chi connectivity index (χ2n) is 11.7. The molecule has 0 aliphatic carbocycles. The van der Waals surface area contributed by atoms with E-state index in [1.807, 2.05) is 48.5 Å². The smallest absolute Gasteiger partial charge is 0.175 e. The molecule has 0 spiro atoms. The Hall–Kier alpha value is -5.43. The molecule has 0 aliphatic rings. The minimum Gasteiger partial charge on any atom is -0.505 e. The first-order valence-electron chi connectivity index (χ1n) is 15.4. The van der Waals surface area contributed by atoms with Crippen LogP contribution in [0.1, 0.15) is 0 Å². The fourth-order valence-corrected chi connectivity index (χ4v) is 8.91. The summed E-state index contributed by atoms with van der Waals surface area (Å²) < 4.78 is 3.77. The zero-order valence-corrected chi connectivity index (χ0v) is 26.9. The summed E-state index contributed by atoms with van der Waals surface area (Å²) in [5.74, 6) is -0.117. The van der Waals surface area contributed by atoms with Gasteiger partial charge >= 0.3 is 0 Å². The van der Waals surface area contributed by atoms with Crippen LogP contribution < -0.4 is 10.9 Å². The van der Waals surface area contributed by atoms with Crippen molar-refractivity contribution in [3.63, 3.8) is 0 Å². The van der Waals surface area contributed by atoms with E-state index in [4.69, 9.17) is 25.7 Å². The average Bonchev–Trinajstić information content (AvgIpc) is 3.72. The van der Waals surface area contributed by atoms with Crippen molar-refractivity contribution in [3.05, 3.63) is 121 Å². The number of hydrogen-bond acceptors (Lipinski definition) is 6. The van der Waals surface area contributed by atoms with Crippen molar-refractivity contribution in [3.8, 4) is 56.5 Å². The van der Waals surface area contributed by atoms with Gasteiger partial charge in [-0.25, -0.2) is 9.97 Å². The minimum absolute atomic E-state index is 0.0421. The summed E-state index contributed by atoms with van der Waals surface area (Å²) in [5, 5.41) is 24.9. The summed E-state index contributed by atoms with van der Waals surface area (Å²) in [5.41, 5.74) is 6.80. The third kappa shape index (κ3) is 4.44. The molecule has 0 amide bonds. The molecule has 0 saturated heterocycles. The largest absolute Gasteiger partial charge is 0.505 e. The van der Waals surface area contributed by atoms with Gasteiger partial charge in [0.2, 0.25) is 0 Å². The van der Waals surface area contributed by atoms with Gasteiger partial charge in [-0.2, -0.15) is 0 Å². The van der Waals surface area contributed by atoms with E-state index in [-0.39, 0.29) is 16.7 Å². The first-order valence-corrected chi connectivity index (χ1v) is 17.0. The highest BCUT2D eigenvalue weighted by Gasteiger charge is 2.20. The fraction of sp³-hybridized carbons (Fsp3) is 0. The maximum absolute atomic E-state index is 10.7. The van der Waals surface area contributed by atoms with Crippen molar-refractivity contribution in [2.24, 2.45) is 0 Å². The van der Waals surface area contributed by atoms with Crippen molar-refractivity contribution in [2.45, 2.75) is 0 Å². The molecule has 2 N–H and O–H groups in total. The molecular weight excluding hydrogens is 626 g/mol. The summed E-state index contributed by atoms with van der Waals surface area (Å²) >= 11 is 3.11. The van der Waals surface area contributed by atoms with Crippen LogP contribution in [0.3, 0.4) is 0 Å². The lowest BCUT2D eigenvalue weighted by Crippen LogP contribution is -2.26. The maximum Gasteiger partial charge on any atom is 0.175 e. The maximum atomic E-state index is 10.7. The van der Waals surface area contributed by atoms with Crippen LogP contribution in [0.15, 0.2) is 121 Å². The average molecular weight is 648 g/mol. The first-order chi connectivity index (χ1) is 23.5. The van der Waals surface area contributed by atoms with Gasteiger partial charge in [-0.3, -0.25) is 0 Å². The Morgan fingerprint density at radius 1 is 0.479 bits per heavy atom. The molecule has 0 saturated carbocycles. The molecule has 3 heterocycles. The fourth-order valence-electron chi connectivity index (χ4n) is 6.55. The number of hydrogen-bond donors (Lipinski definition) is 2. The number of phenols is 2. The van der Waals surface area contributed by atoms with Gasteiger partial charge in [0, 0.05) is 46.9 Å². The molecule has 0 fully saturated rings. The quantitative estimate of drug-likeness (QED) is 0.148. The lowest BCUT2D eigenvalue weighted by Gasteiger charge is -2.13. The zero-order valence-electron chi connectivity index (χ0n) is 25.3. The van der Waals surface area contributed by atoms with Crippen molar-refractivity contribution >= 4 is 89.6 Å². The highest BCUT2D eigenvalue weighted by Crippen LogP contribution is 2.44. The Labute approximate surface area is 286 Å². The summed E-state index contributed by atoms with van der Waals surface area (Å²) in [7, 11) is 12.5. The van der Waals surface area contributed by atoms with E-state index in [9.17, 15) is 10.2 Å². The van der Waals surface area contributed by atoms with Crippen molar-refractivity contribution in [1.82, 2.24) is 9.97 Å². The molecule has 3 aromatic heterocycles. The van der Waals surface area contributed by atoms with Gasteiger partial charge in [0.05, 0.1) is 16.1 Å². The molecule has 6 aromatic carbocycles. The lowest BCUT2D eigenvalue weighted by atomic mass is 9.77. The summed E-state index contributed by atoms with van der Waals surface area (Å²) in [4.78, 5) is 10.4. The molecule has 9 aromatic rings. The van der Waals surface area contributed by atoms with E-state index in [0.717, 1.165) is 49.3 Å². The van der Waals surface area contributed by atoms with E-state index in [0.29, 0.717) is 15.9 Å². The number of rotatable bonds is 4. The second kappa shape index (κ2) is 11.1. The molecular formula is C40H22B2N2O2S2. The van der Waals surface area contributed by atoms with Crippen LogP contribution in [0.4, 0.5) is 0 Å². The highest BCUT2D eigenvalue weighted by atomic mass is 32.1. The zero-order chi connectivity index (χ0) is 32.5. The van der Waals surface area contributed by atoms with Gasteiger partial charge in [0.1, 0.15) is 15.7 Å². The van der Waals surface area contributed by atoms with Gasteiger partial charge in [-0.15, -0.1) is 22.7 Å². The highest BCUT2D eigenvalue weighted by molar-refractivity contribution is 7.26. The second-order valence-corrected chi connectivity index (χ2v) is 13.8. The summed E-state index contributed by atoms with van der Waals surface area (Å²) in [6.45, 7) is 0. The molecule has 4 nitrogen and oxygen atoms in total. The van der Waals surface area contributed by atoms with Crippen LogP contribution in [0.5, 0.6) is 11.5 Å². The van der Waals surface area contributed by atoms with Gasteiger partial charge in [0.25, 0.3) is 0 Å². The summed E-state index contributed by atoms with van der Waals surface area (Å²) in [6.07, 6.45) is 0. The monoisotopic (exact) mass is 648 g/mol. The molecule has 0 unspecified atom stereocenters. The van der Waals surface area contributed by atoms with Crippen molar-refractivity contribution in [2.75, 3.05) is 0 Å². The topological polar surface area (TPSA) is 66.2 Å². The number of benzene rings is 6. The van der Waals surface area contributed by atoms with Crippen molar-refractivity contribution < 1.29 is 10.2 Å². The molecule has 0 bridgehead atoms.